The summed E-state index contributed by atoms with van der Waals surface area (Å²) in [5, 5.41) is 13.8. The number of amides is 3. The molecule has 0 aliphatic carbocycles. The molecule has 0 aromatic rings. The second-order valence-corrected chi connectivity index (χ2v) is 6.31. The fourth-order valence-corrected chi connectivity index (χ4v) is 1.80. The fourth-order valence-electron chi connectivity index (χ4n) is 1.02. The lowest BCUT2D eigenvalue weighted by Gasteiger charge is -2.20. The van der Waals surface area contributed by atoms with Gasteiger partial charge in [-0.2, -0.15) is 0 Å². The Morgan fingerprint density at radius 2 is 1.94 bits per heavy atom. The SMILES string of the molecule is CC(CCO)SCC(=O)NC(=O)NC(C)(C)C. The van der Waals surface area contributed by atoms with Gasteiger partial charge in [-0.25, -0.2) is 4.79 Å². The van der Waals surface area contributed by atoms with Crippen LogP contribution in [0.5, 0.6) is 0 Å². The number of nitrogens with one attached hydrogen (secondary N) is 2. The quantitative estimate of drug-likeness (QED) is 0.693. The summed E-state index contributed by atoms with van der Waals surface area (Å²) in [6, 6.07) is -0.474. The summed E-state index contributed by atoms with van der Waals surface area (Å²) in [6.07, 6.45) is 0.645. The standard InChI is InChI=1S/C11H22N2O3S/c1-8(5-6-14)17-7-9(15)12-10(16)13-11(2,3)4/h8,14H,5-7H2,1-4H3,(H2,12,13,15,16). The van der Waals surface area contributed by atoms with E-state index >= 15 is 0 Å². The number of carbonyl (C=O) groups excluding carboxylic acids is 2. The van der Waals surface area contributed by atoms with Gasteiger partial charge in [0.25, 0.3) is 0 Å². The van der Waals surface area contributed by atoms with Gasteiger partial charge >= 0.3 is 6.03 Å². The van der Waals surface area contributed by atoms with Crippen molar-refractivity contribution in [3.63, 3.8) is 0 Å². The van der Waals surface area contributed by atoms with Gasteiger partial charge < -0.3 is 10.4 Å². The van der Waals surface area contributed by atoms with Crippen LogP contribution >= 0.6 is 11.8 Å². The number of urea groups is 1. The van der Waals surface area contributed by atoms with Crippen molar-refractivity contribution >= 4 is 23.7 Å². The van der Waals surface area contributed by atoms with E-state index in [0.717, 1.165) is 0 Å². The zero-order valence-corrected chi connectivity index (χ0v) is 11.7. The Balaban J connectivity index is 3.83. The second-order valence-electron chi connectivity index (χ2n) is 4.89. The van der Waals surface area contributed by atoms with Gasteiger partial charge in [-0.15, -0.1) is 11.8 Å². The van der Waals surface area contributed by atoms with E-state index in [-0.39, 0.29) is 29.1 Å². The minimum atomic E-state index is -0.474. The molecule has 3 N–H and O–H groups in total. The molecule has 1 unspecified atom stereocenters. The second kappa shape index (κ2) is 7.55. The van der Waals surface area contributed by atoms with Crippen molar-refractivity contribution in [2.24, 2.45) is 0 Å². The van der Waals surface area contributed by atoms with E-state index in [1.54, 1.807) is 0 Å². The van der Waals surface area contributed by atoms with Gasteiger partial charge in [-0.05, 0) is 27.2 Å². The maximum Gasteiger partial charge on any atom is 0.321 e. The summed E-state index contributed by atoms with van der Waals surface area (Å²) in [5.41, 5.74) is -0.359. The first kappa shape index (κ1) is 16.2. The van der Waals surface area contributed by atoms with Crippen molar-refractivity contribution in [2.45, 2.75) is 44.9 Å². The third-order valence-electron chi connectivity index (χ3n) is 1.78. The number of rotatable bonds is 5. The van der Waals surface area contributed by atoms with Crippen LogP contribution < -0.4 is 10.6 Å². The minimum absolute atomic E-state index is 0.111. The predicted octanol–water partition coefficient (Wildman–Crippen LogP) is 1.11. The predicted molar refractivity (Wildman–Crippen MR) is 70.1 cm³/mol. The highest BCUT2D eigenvalue weighted by atomic mass is 32.2. The normalized spacial score (nSPS) is 13.0. The summed E-state index contributed by atoms with van der Waals surface area (Å²) < 4.78 is 0. The van der Waals surface area contributed by atoms with Crippen LogP contribution in [0.3, 0.4) is 0 Å². The Hall–Kier alpha value is -0.750. The average molecular weight is 262 g/mol. The number of imide groups is 1. The van der Waals surface area contributed by atoms with Crippen LogP contribution in [0.2, 0.25) is 0 Å². The summed E-state index contributed by atoms with van der Waals surface area (Å²) in [5.74, 6) is -0.0971. The van der Waals surface area contributed by atoms with E-state index in [1.807, 2.05) is 27.7 Å². The molecule has 0 fully saturated rings. The Labute approximate surface area is 107 Å². The van der Waals surface area contributed by atoms with Gasteiger partial charge in [0.05, 0.1) is 5.75 Å². The Bertz CT molecular complexity index is 264. The van der Waals surface area contributed by atoms with Crippen molar-refractivity contribution in [3.05, 3.63) is 0 Å². The van der Waals surface area contributed by atoms with Crippen molar-refractivity contribution in [1.29, 1.82) is 0 Å². The summed E-state index contributed by atoms with van der Waals surface area (Å²) in [7, 11) is 0. The van der Waals surface area contributed by atoms with Gasteiger partial charge in [-0.1, -0.05) is 6.92 Å². The first-order valence-corrected chi connectivity index (χ1v) is 6.64. The van der Waals surface area contributed by atoms with Gasteiger partial charge in [0.15, 0.2) is 0 Å². The highest BCUT2D eigenvalue weighted by Gasteiger charge is 2.16. The maximum absolute atomic E-state index is 11.4. The highest BCUT2D eigenvalue weighted by molar-refractivity contribution is 8.00. The molecule has 3 amide bonds. The van der Waals surface area contributed by atoms with Crippen LogP contribution in [0.1, 0.15) is 34.1 Å². The van der Waals surface area contributed by atoms with E-state index in [2.05, 4.69) is 10.6 Å². The minimum Gasteiger partial charge on any atom is -0.396 e. The Morgan fingerprint density at radius 3 is 2.41 bits per heavy atom. The van der Waals surface area contributed by atoms with Crippen molar-refractivity contribution in [2.75, 3.05) is 12.4 Å². The summed E-state index contributed by atoms with van der Waals surface area (Å²) in [6.45, 7) is 7.57. The van der Waals surface area contributed by atoms with E-state index in [4.69, 9.17) is 5.11 Å². The third-order valence-corrected chi connectivity index (χ3v) is 3.01. The van der Waals surface area contributed by atoms with Crippen LogP contribution in [0.4, 0.5) is 4.79 Å². The van der Waals surface area contributed by atoms with Crippen molar-refractivity contribution in [3.8, 4) is 0 Å². The molecule has 0 rings (SSSR count). The number of thioether (sulfide) groups is 1. The van der Waals surface area contributed by atoms with E-state index in [9.17, 15) is 9.59 Å². The zero-order valence-electron chi connectivity index (χ0n) is 10.9. The molecule has 0 aromatic heterocycles. The fraction of sp³-hybridized carbons (Fsp3) is 0.818. The summed E-state index contributed by atoms with van der Waals surface area (Å²) in [4.78, 5) is 22.7. The molecule has 0 radical (unpaired) electrons. The molecule has 5 nitrogen and oxygen atoms in total. The molecule has 0 aliphatic heterocycles. The molecule has 0 saturated carbocycles. The molecule has 0 aliphatic rings. The average Bonchev–Trinajstić information content (AvgIpc) is 2.12. The van der Waals surface area contributed by atoms with Gasteiger partial charge in [0, 0.05) is 17.4 Å². The van der Waals surface area contributed by atoms with Crippen LogP contribution in [-0.4, -0.2) is 40.2 Å². The first-order chi connectivity index (χ1) is 7.74. The molecule has 0 heterocycles. The molecular formula is C11H22N2O3S. The Kier molecular flexibility index (Phi) is 7.22. The lowest BCUT2D eigenvalue weighted by Crippen LogP contribution is -2.48. The van der Waals surface area contributed by atoms with Gasteiger partial charge in [0.1, 0.15) is 0 Å². The molecule has 0 saturated heterocycles. The molecular weight excluding hydrogens is 240 g/mol. The van der Waals surface area contributed by atoms with E-state index < -0.39 is 6.03 Å². The molecule has 0 aromatic carbocycles. The highest BCUT2D eigenvalue weighted by Crippen LogP contribution is 2.12. The topological polar surface area (TPSA) is 78.4 Å². The van der Waals surface area contributed by atoms with Crippen molar-refractivity contribution < 1.29 is 14.7 Å². The van der Waals surface area contributed by atoms with E-state index in [0.29, 0.717) is 6.42 Å². The number of hydrogen-bond acceptors (Lipinski definition) is 4. The van der Waals surface area contributed by atoms with Crippen LogP contribution in [0.25, 0.3) is 0 Å². The number of hydrogen-bond donors (Lipinski definition) is 3. The van der Waals surface area contributed by atoms with Crippen LogP contribution in [0, 0.1) is 0 Å². The number of aliphatic hydroxyl groups excluding tert-OH is 1. The Morgan fingerprint density at radius 1 is 1.35 bits per heavy atom. The zero-order chi connectivity index (χ0) is 13.5. The van der Waals surface area contributed by atoms with Crippen LogP contribution in [-0.2, 0) is 4.79 Å². The van der Waals surface area contributed by atoms with Gasteiger partial charge in [-0.3, -0.25) is 10.1 Å². The molecule has 100 valence electrons. The lowest BCUT2D eigenvalue weighted by molar-refractivity contribution is -0.117. The van der Waals surface area contributed by atoms with Crippen molar-refractivity contribution in [1.82, 2.24) is 10.6 Å². The molecule has 6 heteroatoms. The van der Waals surface area contributed by atoms with Gasteiger partial charge in [0.2, 0.25) is 5.91 Å². The lowest BCUT2D eigenvalue weighted by atomic mass is 10.1. The monoisotopic (exact) mass is 262 g/mol. The molecule has 1 atom stereocenters. The first-order valence-electron chi connectivity index (χ1n) is 5.59. The smallest absolute Gasteiger partial charge is 0.321 e. The number of carbonyl (C=O) groups is 2. The number of aliphatic hydroxyl groups is 1. The maximum atomic E-state index is 11.4. The molecule has 0 spiro atoms. The summed E-state index contributed by atoms with van der Waals surface area (Å²) >= 11 is 1.42. The third kappa shape index (κ3) is 10.1. The van der Waals surface area contributed by atoms with E-state index in [1.165, 1.54) is 11.8 Å². The van der Waals surface area contributed by atoms with Crippen LogP contribution in [0.15, 0.2) is 0 Å². The molecule has 0 bridgehead atoms. The molecule has 17 heavy (non-hydrogen) atoms. The largest absolute Gasteiger partial charge is 0.396 e.